The maximum absolute atomic E-state index is 11.3. The number of carboxylic acids is 2. The van der Waals surface area contributed by atoms with Gasteiger partial charge in [0, 0.05) is 63.3 Å². The van der Waals surface area contributed by atoms with Crippen molar-refractivity contribution in [2.45, 2.75) is 38.8 Å². The Bertz CT molecular complexity index is 695. The topological polar surface area (TPSA) is 105 Å². The van der Waals surface area contributed by atoms with E-state index in [2.05, 4.69) is 9.80 Å². The standard InChI is InChI=1S/C21H33N3O5/c1-21(2,8-7-19(26)27)24-13-11-22(15-17-5-3-4-6-18(17)25)9-10-23(12-14-24)16-20(28)29/h3-6,25H,7-16H2,1-2H3,(H,26,27)(H,28,29). The Hall–Kier alpha value is -2.16. The van der Waals surface area contributed by atoms with Crippen LogP contribution in [-0.2, 0) is 16.1 Å². The van der Waals surface area contributed by atoms with Gasteiger partial charge in [-0.15, -0.1) is 0 Å². The van der Waals surface area contributed by atoms with Gasteiger partial charge in [0.15, 0.2) is 0 Å². The van der Waals surface area contributed by atoms with Crippen LogP contribution in [0.4, 0.5) is 0 Å². The van der Waals surface area contributed by atoms with Gasteiger partial charge < -0.3 is 15.3 Å². The molecule has 1 aromatic rings. The van der Waals surface area contributed by atoms with Crippen LogP contribution in [0.2, 0.25) is 0 Å². The van der Waals surface area contributed by atoms with Crippen molar-refractivity contribution < 1.29 is 24.9 Å². The lowest BCUT2D eigenvalue weighted by Crippen LogP contribution is -2.49. The van der Waals surface area contributed by atoms with Gasteiger partial charge >= 0.3 is 11.9 Å². The summed E-state index contributed by atoms with van der Waals surface area (Å²) in [5, 5.41) is 28.4. The van der Waals surface area contributed by atoms with Crippen LogP contribution in [0.5, 0.6) is 5.75 Å². The number of aromatic hydroxyl groups is 1. The van der Waals surface area contributed by atoms with Crippen molar-refractivity contribution in [3.05, 3.63) is 29.8 Å². The number of rotatable bonds is 8. The van der Waals surface area contributed by atoms with Gasteiger partial charge in [0.2, 0.25) is 0 Å². The fourth-order valence-corrected chi connectivity index (χ4v) is 3.71. The molecule has 8 heteroatoms. The molecule has 0 aromatic heterocycles. The van der Waals surface area contributed by atoms with E-state index in [-0.39, 0.29) is 24.3 Å². The van der Waals surface area contributed by atoms with E-state index in [4.69, 9.17) is 5.11 Å². The SMILES string of the molecule is CC(C)(CCC(=O)O)N1CCN(CC(=O)O)CCN(Cc2ccccc2O)CC1. The summed E-state index contributed by atoms with van der Waals surface area (Å²) >= 11 is 0. The quantitative estimate of drug-likeness (QED) is 0.596. The first-order valence-electron chi connectivity index (χ1n) is 10.1. The van der Waals surface area contributed by atoms with E-state index in [0.29, 0.717) is 39.1 Å². The van der Waals surface area contributed by atoms with Crippen LogP contribution in [0.3, 0.4) is 0 Å². The van der Waals surface area contributed by atoms with Crippen molar-refractivity contribution in [1.82, 2.24) is 14.7 Å². The van der Waals surface area contributed by atoms with Crippen LogP contribution >= 0.6 is 0 Å². The lowest BCUT2D eigenvalue weighted by molar-refractivity contribution is -0.139. The van der Waals surface area contributed by atoms with Gasteiger partial charge in [-0.05, 0) is 26.3 Å². The number of para-hydroxylation sites is 1. The zero-order chi connectivity index (χ0) is 21.4. The molecule has 1 saturated heterocycles. The first-order chi connectivity index (χ1) is 13.7. The van der Waals surface area contributed by atoms with E-state index < -0.39 is 11.9 Å². The molecule has 0 unspecified atom stereocenters. The highest BCUT2D eigenvalue weighted by Gasteiger charge is 2.29. The first-order valence-corrected chi connectivity index (χ1v) is 10.1. The highest BCUT2D eigenvalue weighted by Crippen LogP contribution is 2.22. The number of carbonyl (C=O) groups is 2. The Morgan fingerprint density at radius 1 is 0.931 bits per heavy atom. The van der Waals surface area contributed by atoms with Gasteiger partial charge in [0.05, 0.1) is 6.54 Å². The zero-order valence-electron chi connectivity index (χ0n) is 17.4. The van der Waals surface area contributed by atoms with Crippen molar-refractivity contribution in [2.75, 3.05) is 45.8 Å². The van der Waals surface area contributed by atoms with Crippen molar-refractivity contribution in [3.8, 4) is 5.75 Å². The monoisotopic (exact) mass is 407 g/mol. The summed E-state index contributed by atoms with van der Waals surface area (Å²) in [6.07, 6.45) is 0.630. The molecule has 0 spiro atoms. The summed E-state index contributed by atoms with van der Waals surface area (Å²) in [5.74, 6) is -1.40. The minimum atomic E-state index is -0.854. The van der Waals surface area contributed by atoms with E-state index in [9.17, 15) is 19.8 Å². The van der Waals surface area contributed by atoms with Crippen molar-refractivity contribution in [3.63, 3.8) is 0 Å². The Balaban J connectivity index is 2.14. The van der Waals surface area contributed by atoms with Gasteiger partial charge in [-0.25, -0.2) is 0 Å². The molecule has 1 aliphatic heterocycles. The Morgan fingerprint density at radius 2 is 1.52 bits per heavy atom. The molecule has 1 heterocycles. The third-order valence-corrected chi connectivity index (χ3v) is 5.66. The molecular formula is C21H33N3O5. The van der Waals surface area contributed by atoms with E-state index in [1.54, 1.807) is 12.1 Å². The minimum absolute atomic E-state index is 0.0200. The molecule has 0 bridgehead atoms. The van der Waals surface area contributed by atoms with Gasteiger partial charge in [-0.1, -0.05) is 18.2 Å². The molecule has 1 aliphatic rings. The van der Waals surface area contributed by atoms with Gasteiger partial charge in [-0.2, -0.15) is 0 Å². The van der Waals surface area contributed by atoms with Gasteiger partial charge in [-0.3, -0.25) is 24.3 Å². The minimum Gasteiger partial charge on any atom is -0.508 e. The second-order valence-electron chi connectivity index (χ2n) is 8.27. The molecule has 2 rings (SSSR count). The molecule has 0 saturated carbocycles. The summed E-state index contributed by atoms with van der Waals surface area (Å²) in [5.41, 5.74) is 0.534. The highest BCUT2D eigenvalue weighted by atomic mass is 16.4. The van der Waals surface area contributed by atoms with Crippen molar-refractivity contribution in [1.29, 1.82) is 0 Å². The summed E-state index contributed by atoms with van der Waals surface area (Å²) < 4.78 is 0. The van der Waals surface area contributed by atoms with Gasteiger partial charge in [0.1, 0.15) is 5.75 Å². The molecular weight excluding hydrogens is 374 g/mol. The average molecular weight is 408 g/mol. The lowest BCUT2D eigenvalue weighted by Gasteiger charge is -2.39. The number of phenols is 1. The second-order valence-corrected chi connectivity index (χ2v) is 8.27. The molecule has 29 heavy (non-hydrogen) atoms. The van der Waals surface area contributed by atoms with E-state index in [1.807, 2.05) is 30.9 Å². The number of hydrogen-bond acceptors (Lipinski definition) is 6. The normalized spacial score (nSPS) is 18.0. The van der Waals surface area contributed by atoms with E-state index in [0.717, 1.165) is 18.7 Å². The summed E-state index contributed by atoms with van der Waals surface area (Å²) in [7, 11) is 0. The predicted molar refractivity (Wildman–Crippen MR) is 110 cm³/mol. The maximum Gasteiger partial charge on any atom is 0.317 e. The molecule has 3 N–H and O–H groups in total. The smallest absolute Gasteiger partial charge is 0.317 e. The second kappa shape index (κ2) is 10.6. The third-order valence-electron chi connectivity index (χ3n) is 5.66. The number of aliphatic carboxylic acids is 2. The molecule has 1 aromatic carbocycles. The fourth-order valence-electron chi connectivity index (χ4n) is 3.71. The summed E-state index contributed by atoms with van der Waals surface area (Å²) in [6, 6.07) is 7.25. The van der Waals surface area contributed by atoms with Crippen LogP contribution in [0.1, 0.15) is 32.3 Å². The van der Waals surface area contributed by atoms with Crippen molar-refractivity contribution in [2.24, 2.45) is 0 Å². The van der Waals surface area contributed by atoms with Crippen LogP contribution < -0.4 is 0 Å². The summed E-state index contributed by atoms with van der Waals surface area (Å²) in [4.78, 5) is 28.7. The molecule has 0 atom stereocenters. The third kappa shape index (κ3) is 7.64. The van der Waals surface area contributed by atoms with E-state index >= 15 is 0 Å². The Labute approximate surface area is 172 Å². The number of phenolic OH excluding ortho intramolecular Hbond substituents is 1. The zero-order valence-corrected chi connectivity index (χ0v) is 17.4. The summed E-state index contributed by atoms with van der Waals surface area (Å²) in [6.45, 7) is 8.79. The predicted octanol–water partition coefficient (Wildman–Crippen LogP) is 1.54. The Kier molecular flexibility index (Phi) is 8.43. The fraction of sp³-hybridized carbons (Fsp3) is 0.619. The number of carboxylic acid groups (broad SMARTS) is 2. The molecule has 1 fully saturated rings. The van der Waals surface area contributed by atoms with E-state index in [1.165, 1.54) is 0 Å². The van der Waals surface area contributed by atoms with Crippen LogP contribution in [0.25, 0.3) is 0 Å². The van der Waals surface area contributed by atoms with Crippen LogP contribution in [-0.4, -0.2) is 93.3 Å². The number of benzene rings is 1. The lowest BCUT2D eigenvalue weighted by atomic mass is 9.95. The molecule has 0 aliphatic carbocycles. The molecule has 8 nitrogen and oxygen atoms in total. The number of hydrogen-bond donors (Lipinski definition) is 3. The largest absolute Gasteiger partial charge is 0.508 e. The highest BCUT2D eigenvalue weighted by molar-refractivity contribution is 5.69. The average Bonchev–Trinajstić information content (AvgIpc) is 2.73. The van der Waals surface area contributed by atoms with Crippen LogP contribution in [0.15, 0.2) is 24.3 Å². The first kappa shape index (κ1) is 23.1. The molecule has 0 radical (unpaired) electrons. The maximum atomic E-state index is 11.3. The van der Waals surface area contributed by atoms with Crippen LogP contribution in [0, 0.1) is 0 Å². The molecule has 0 amide bonds. The number of nitrogens with zero attached hydrogens (tertiary/aromatic N) is 3. The van der Waals surface area contributed by atoms with Crippen molar-refractivity contribution >= 4 is 11.9 Å². The molecule has 162 valence electrons. The van der Waals surface area contributed by atoms with Gasteiger partial charge in [0.25, 0.3) is 0 Å². The Morgan fingerprint density at radius 3 is 2.14 bits per heavy atom.